The maximum atomic E-state index is 13.1. The number of aryl methyl sites for hydroxylation is 1. The van der Waals surface area contributed by atoms with Gasteiger partial charge in [-0.25, -0.2) is 4.98 Å². The van der Waals surface area contributed by atoms with Gasteiger partial charge in [-0.2, -0.15) is 0 Å². The zero-order valence-electron chi connectivity index (χ0n) is 13.9. The highest BCUT2D eigenvalue weighted by Gasteiger charge is 2.34. The summed E-state index contributed by atoms with van der Waals surface area (Å²) in [5.41, 5.74) is 2.68. The predicted molar refractivity (Wildman–Crippen MR) is 89.9 cm³/mol. The second kappa shape index (κ2) is 6.26. The number of nitrogens with one attached hydrogen (secondary N) is 1. The Hall–Kier alpha value is -2.37. The second-order valence-corrected chi connectivity index (χ2v) is 6.52. The number of pyridine rings is 1. The van der Waals surface area contributed by atoms with Crippen LogP contribution in [0, 0.1) is 0 Å². The highest BCUT2D eigenvalue weighted by Crippen LogP contribution is 2.35. The molecule has 0 saturated carbocycles. The Morgan fingerprint density at radius 3 is 3.08 bits per heavy atom. The highest BCUT2D eigenvalue weighted by molar-refractivity contribution is 5.94. The van der Waals surface area contributed by atoms with E-state index in [4.69, 9.17) is 4.52 Å². The van der Waals surface area contributed by atoms with E-state index in [1.807, 2.05) is 24.1 Å². The largest absolute Gasteiger partial charge is 0.373 e. The normalized spacial score (nSPS) is 20.0. The van der Waals surface area contributed by atoms with Gasteiger partial charge in [-0.15, -0.1) is 0 Å². The van der Waals surface area contributed by atoms with Crippen LogP contribution in [-0.4, -0.2) is 34.5 Å². The number of aromatic nitrogens is 2. The molecule has 1 N–H and O–H groups in total. The van der Waals surface area contributed by atoms with Gasteiger partial charge < -0.3 is 14.7 Å². The fourth-order valence-electron chi connectivity index (χ4n) is 3.84. The molecule has 2 aromatic rings. The quantitative estimate of drug-likeness (QED) is 0.939. The van der Waals surface area contributed by atoms with Crippen molar-refractivity contribution >= 4 is 11.7 Å². The van der Waals surface area contributed by atoms with Crippen molar-refractivity contribution in [2.75, 3.05) is 18.9 Å². The van der Waals surface area contributed by atoms with Gasteiger partial charge in [0.05, 0.1) is 6.04 Å². The van der Waals surface area contributed by atoms with E-state index in [1.165, 1.54) is 0 Å². The van der Waals surface area contributed by atoms with E-state index < -0.39 is 0 Å². The fourth-order valence-corrected chi connectivity index (χ4v) is 3.84. The first kappa shape index (κ1) is 15.2. The lowest BCUT2D eigenvalue weighted by molar-refractivity contribution is 0.0724. The summed E-state index contributed by atoms with van der Waals surface area (Å²) in [5.74, 6) is 1.74. The van der Waals surface area contributed by atoms with Crippen LogP contribution in [0.15, 0.2) is 22.9 Å². The topological polar surface area (TPSA) is 71.3 Å². The summed E-state index contributed by atoms with van der Waals surface area (Å²) in [6, 6.07) is 4.10. The minimum absolute atomic E-state index is 0.00669. The van der Waals surface area contributed by atoms with Crippen molar-refractivity contribution in [3.8, 4) is 0 Å². The molecule has 0 bridgehead atoms. The zero-order chi connectivity index (χ0) is 16.5. The van der Waals surface area contributed by atoms with Crippen molar-refractivity contribution in [3.05, 3.63) is 40.9 Å². The number of rotatable bonds is 3. The van der Waals surface area contributed by atoms with E-state index in [-0.39, 0.29) is 11.9 Å². The molecule has 1 atom stereocenters. The highest BCUT2D eigenvalue weighted by atomic mass is 16.5. The lowest BCUT2D eigenvalue weighted by Crippen LogP contribution is -2.31. The number of amides is 1. The van der Waals surface area contributed by atoms with Crippen molar-refractivity contribution in [3.63, 3.8) is 0 Å². The molecule has 1 fully saturated rings. The van der Waals surface area contributed by atoms with E-state index in [2.05, 4.69) is 15.5 Å². The third kappa shape index (κ3) is 2.56. The number of likely N-dealkylation sites (tertiary alicyclic amines) is 1. The molecule has 1 aliphatic heterocycles. The van der Waals surface area contributed by atoms with Crippen molar-refractivity contribution < 1.29 is 9.32 Å². The number of carbonyl (C=O) groups excluding carboxylic acids is 1. The Balaban J connectivity index is 1.62. The second-order valence-electron chi connectivity index (χ2n) is 6.52. The molecule has 24 heavy (non-hydrogen) atoms. The fraction of sp³-hybridized carbons (Fsp3) is 0.500. The average molecular weight is 326 g/mol. The molecule has 126 valence electrons. The molecule has 0 unspecified atom stereocenters. The maximum absolute atomic E-state index is 13.1. The standard InChI is InChI=1S/C18H22N4O2/c1-19-16-11-12(8-9-20-16)14-6-4-10-22(14)18(23)17-13-5-2-3-7-15(13)24-21-17/h8-9,11,14H,2-7,10H2,1H3,(H,19,20)/t14-/m0/s1. The van der Waals surface area contributed by atoms with Crippen molar-refractivity contribution in [1.29, 1.82) is 0 Å². The minimum Gasteiger partial charge on any atom is -0.373 e. The van der Waals surface area contributed by atoms with Gasteiger partial charge >= 0.3 is 0 Å². The first-order valence-electron chi connectivity index (χ1n) is 8.70. The molecule has 6 heteroatoms. The van der Waals surface area contributed by atoms with Crippen LogP contribution >= 0.6 is 0 Å². The molecule has 0 aromatic carbocycles. The summed E-state index contributed by atoms with van der Waals surface area (Å²) in [7, 11) is 1.85. The molecule has 4 rings (SSSR count). The van der Waals surface area contributed by atoms with Gasteiger partial charge in [0, 0.05) is 31.8 Å². The molecule has 6 nitrogen and oxygen atoms in total. The van der Waals surface area contributed by atoms with Crippen molar-refractivity contribution in [2.24, 2.45) is 0 Å². The lowest BCUT2D eigenvalue weighted by Gasteiger charge is -2.25. The molecular formula is C18H22N4O2. The summed E-state index contributed by atoms with van der Waals surface area (Å²) < 4.78 is 5.43. The third-order valence-electron chi connectivity index (χ3n) is 5.09. The van der Waals surface area contributed by atoms with Crippen LogP contribution in [0.4, 0.5) is 5.82 Å². The van der Waals surface area contributed by atoms with E-state index in [0.717, 1.165) is 67.8 Å². The van der Waals surface area contributed by atoms with Gasteiger partial charge in [0.25, 0.3) is 5.91 Å². The van der Waals surface area contributed by atoms with Crippen LogP contribution in [0.1, 0.15) is 59.1 Å². The molecule has 1 saturated heterocycles. The SMILES string of the molecule is CNc1cc([C@@H]2CCCN2C(=O)c2noc3c2CCCC3)ccn1. The van der Waals surface area contributed by atoms with Crippen LogP contribution in [0.5, 0.6) is 0 Å². The molecular weight excluding hydrogens is 304 g/mol. The molecule has 0 spiro atoms. The van der Waals surface area contributed by atoms with E-state index in [9.17, 15) is 4.79 Å². The molecule has 2 aliphatic rings. The van der Waals surface area contributed by atoms with Crippen LogP contribution in [0.2, 0.25) is 0 Å². The summed E-state index contributed by atoms with van der Waals surface area (Å²) in [4.78, 5) is 19.3. The molecule has 3 heterocycles. The summed E-state index contributed by atoms with van der Waals surface area (Å²) in [6.07, 6.45) is 7.79. The number of fused-ring (bicyclic) bond motifs is 1. The van der Waals surface area contributed by atoms with Gasteiger partial charge in [-0.05, 0) is 49.8 Å². The Morgan fingerprint density at radius 1 is 1.33 bits per heavy atom. The van der Waals surface area contributed by atoms with Crippen molar-refractivity contribution in [1.82, 2.24) is 15.0 Å². The lowest BCUT2D eigenvalue weighted by atomic mass is 9.96. The van der Waals surface area contributed by atoms with E-state index in [1.54, 1.807) is 6.20 Å². The molecule has 1 amide bonds. The number of nitrogens with zero attached hydrogens (tertiary/aromatic N) is 3. The minimum atomic E-state index is 0.00669. The number of hydrogen-bond donors (Lipinski definition) is 1. The monoisotopic (exact) mass is 326 g/mol. The predicted octanol–water partition coefficient (Wildman–Crippen LogP) is 2.97. The molecule has 0 radical (unpaired) electrons. The third-order valence-corrected chi connectivity index (χ3v) is 5.09. The van der Waals surface area contributed by atoms with Crippen LogP contribution in [0.3, 0.4) is 0 Å². The Bertz CT molecular complexity index is 755. The van der Waals surface area contributed by atoms with E-state index in [0.29, 0.717) is 5.69 Å². The smallest absolute Gasteiger partial charge is 0.276 e. The van der Waals surface area contributed by atoms with Crippen LogP contribution < -0.4 is 5.32 Å². The average Bonchev–Trinajstić information content (AvgIpc) is 3.28. The summed E-state index contributed by atoms with van der Waals surface area (Å²) in [6.45, 7) is 0.766. The van der Waals surface area contributed by atoms with Crippen LogP contribution in [0.25, 0.3) is 0 Å². The Morgan fingerprint density at radius 2 is 2.21 bits per heavy atom. The first-order valence-corrected chi connectivity index (χ1v) is 8.70. The van der Waals surface area contributed by atoms with Crippen molar-refractivity contribution in [2.45, 2.75) is 44.6 Å². The van der Waals surface area contributed by atoms with Gasteiger partial charge in [0.1, 0.15) is 11.6 Å². The van der Waals surface area contributed by atoms with Gasteiger partial charge in [0.15, 0.2) is 5.69 Å². The summed E-state index contributed by atoms with van der Waals surface area (Å²) >= 11 is 0. The van der Waals surface area contributed by atoms with Gasteiger partial charge in [0.2, 0.25) is 0 Å². The molecule has 1 aliphatic carbocycles. The maximum Gasteiger partial charge on any atom is 0.276 e. The van der Waals surface area contributed by atoms with Gasteiger partial charge in [-0.3, -0.25) is 4.79 Å². The summed E-state index contributed by atoms with van der Waals surface area (Å²) in [5, 5.41) is 7.17. The number of carbonyl (C=O) groups is 1. The Kier molecular flexibility index (Phi) is 3.96. The van der Waals surface area contributed by atoms with Gasteiger partial charge in [-0.1, -0.05) is 5.16 Å². The zero-order valence-corrected chi connectivity index (χ0v) is 13.9. The number of anilines is 1. The van der Waals surface area contributed by atoms with Crippen LogP contribution in [-0.2, 0) is 12.8 Å². The number of hydrogen-bond acceptors (Lipinski definition) is 5. The first-order chi connectivity index (χ1) is 11.8. The van der Waals surface area contributed by atoms with E-state index >= 15 is 0 Å². The Labute approximate surface area is 141 Å². The molecule has 2 aromatic heterocycles.